The van der Waals surface area contributed by atoms with Crippen LogP contribution in [-0.2, 0) is 0 Å². The molecule has 0 aliphatic carbocycles. The van der Waals surface area contributed by atoms with Crippen LogP contribution in [0.15, 0.2) is 0 Å². The van der Waals surface area contributed by atoms with Crippen molar-refractivity contribution in [3.8, 4) is 0 Å². The molecule has 15 heavy (non-hydrogen) atoms. The van der Waals surface area contributed by atoms with Gasteiger partial charge in [0.1, 0.15) is 0 Å². The Hall–Kier alpha value is -0.450. The van der Waals surface area contributed by atoms with E-state index in [0.29, 0.717) is 6.04 Å². The molecule has 4 heteroatoms. The zero-order valence-corrected chi connectivity index (χ0v) is 10.7. The third kappa shape index (κ3) is 3.89. The minimum atomic E-state index is 0.411. The lowest BCUT2D eigenvalue weighted by atomic mass is 10.2. The second kappa shape index (κ2) is 6.20. The van der Waals surface area contributed by atoms with Gasteiger partial charge in [-0.2, -0.15) is 0 Å². The predicted molar refractivity (Wildman–Crippen MR) is 66.3 cm³/mol. The van der Waals surface area contributed by atoms with E-state index < -0.39 is 0 Å². The third-order valence-electron chi connectivity index (χ3n) is 2.41. The van der Waals surface area contributed by atoms with Crippen molar-refractivity contribution in [2.75, 3.05) is 13.1 Å². The molecule has 0 radical (unpaired) electrons. The van der Waals surface area contributed by atoms with E-state index in [1.165, 1.54) is 4.88 Å². The minimum absolute atomic E-state index is 0.411. The van der Waals surface area contributed by atoms with E-state index in [4.69, 9.17) is 5.73 Å². The summed E-state index contributed by atoms with van der Waals surface area (Å²) < 4.78 is 0. The molecule has 0 saturated heterocycles. The lowest BCUT2D eigenvalue weighted by Gasteiger charge is -2.12. The Balaban J connectivity index is 2.39. The summed E-state index contributed by atoms with van der Waals surface area (Å²) in [6, 6.07) is 0.411. The number of aryl methyl sites for hydroxylation is 2. The molecule has 86 valence electrons. The molecule has 1 atom stereocenters. The summed E-state index contributed by atoms with van der Waals surface area (Å²) in [7, 11) is 0. The Morgan fingerprint density at radius 2 is 2.13 bits per heavy atom. The van der Waals surface area contributed by atoms with Gasteiger partial charge in [-0.05, 0) is 46.7 Å². The number of hydrogen-bond donors (Lipinski definition) is 2. The van der Waals surface area contributed by atoms with Crippen molar-refractivity contribution in [1.29, 1.82) is 0 Å². The number of thiazole rings is 1. The Morgan fingerprint density at radius 1 is 1.40 bits per heavy atom. The number of rotatable bonds is 6. The van der Waals surface area contributed by atoms with Crippen LogP contribution in [0.25, 0.3) is 0 Å². The summed E-state index contributed by atoms with van der Waals surface area (Å²) in [4.78, 5) is 5.80. The molecule has 0 saturated carbocycles. The highest BCUT2D eigenvalue weighted by Crippen LogP contribution is 2.24. The molecule has 1 aromatic heterocycles. The molecular formula is C11H21N3S. The van der Waals surface area contributed by atoms with E-state index >= 15 is 0 Å². The number of nitrogens with one attached hydrogen (secondary N) is 1. The lowest BCUT2D eigenvalue weighted by Crippen LogP contribution is -2.20. The van der Waals surface area contributed by atoms with Crippen LogP contribution in [0.3, 0.4) is 0 Å². The number of nitrogens with zero attached hydrogens (tertiary/aromatic N) is 1. The van der Waals surface area contributed by atoms with Crippen LogP contribution in [-0.4, -0.2) is 18.1 Å². The predicted octanol–water partition coefficient (Wildman–Crippen LogP) is 2.15. The lowest BCUT2D eigenvalue weighted by molar-refractivity contribution is 0.552. The van der Waals surface area contributed by atoms with Crippen molar-refractivity contribution >= 4 is 11.3 Å². The standard InChI is InChI=1S/C11H21N3S/c1-8(13-7-5-4-6-12)11-9(2)14-10(3)15-11/h8,13H,4-7,12H2,1-3H3. The van der Waals surface area contributed by atoms with Crippen molar-refractivity contribution in [2.45, 2.75) is 39.7 Å². The van der Waals surface area contributed by atoms with E-state index in [2.05, 4.69) is 31.1 Å². The molecule has 0 aliphatic heterocycles. The molecule has 3 nitrogen and oxygen atoms in total. The number of aromatic nitrogens is 1. The maximum Gasteiger partial charge on any atom is 0.0900 e. The first-order chi connectivity index (χ1) is 7.15. The fourth-order valence-electron chi connectivity index (χ4n) is 1.63. The van der Waals surface area contributed by atoms with Gasteiger partial charge < -0.3 is 11.1 Å². The zero-order valence-electron chi connectivity index (χ0n) is 9.84. The average Bonchev–Trinajstić information content (AvgIpc) is 2.52. The van der Waals surface area contributed by atoms with Crippen LogP contribution in [0, 0.1) is 13.8 Å². The van der Waals surface area contributed by atoms with Gasteiger partial charge in [0, 0.05) is 10.9 Å². The van der Waals surface area contributed by atoms with Crippen molar-refractivity contribution < 1.29 is 0 Å². The Morgan fingerprint density at radius 3 is 2.67 bits per heavy atom. The Labute approximate surface area is 96.1 Å². The fraction of sp³-hybridized carbons (Fsp3) is 0.727. The molecule has 1 aromatic rings. The maximum absolute atomic E-state index is 5.45. The molecular weight excluding hydrogens is 206 g/mol. The highest BCUT2D eigenvalue weighted by atomic mass is 32.1. The van der Waals surface area contributed by atoms with Crippen LogP contribution < -0.4 is 11.1 Å². The molecule has 0 amide bonds. The highest BCUT2D eigenvalue weighted by molar-refractivity contribution is 7.11. The van der Waals surface area contributed by atoms with E-state index in [-0.39, 0.29) is 0 Å². The normalized spacial score (nSPS) is 13.1. The molecule has 0 fully saturated rings. The first kappa shape index (κ1) is 12.6. The summed E-state index contributed by atoms with van der Waals surface area (Å²) in [5, 5.41) is 4.65. The summed E-state index contributed by atoms with van der Waals surface area (Å²) in [5.41, 5.74) is 6.61. The fourth-order valence-corrected chi connectivity index (χ4v) is 2.58. The molecule has 1 heterocycles. The summed E-state index contributed by atoms with van der Waals surface area (Å²) in [5.74, 6) is 0. The average molecular weight is 227 g/mol. The SMILES string of the molecule is Cc1nc(C)c(C(C)NCCCCN)s1. The first-order valence-electron chi connectivity index (χ1n) is 5.52. The van der Waals surface area contributed by atoms with Crippen molar-refractivity contribution in [3.63, 3.8) is 0 Å². The van der Waals surface area contributed by atoms with Crippen LogP contribution in [0.2, 0.25) is 0 Å². The highest BCUT2D eigenvalue weighted by Gasteiger charge is 2.11. The maximum atomic E-state index is 5.45. The molecule has 0 spiro atoms. The van der Waals surface area contributed by atoms with Crippen LogP contribution in [0.1, 0.15) is 41.4 Å². The first-order valence-corrected chi connectivity index (χ1v) is 6.34. The topological polar surface area (TPSA) is 50.9 Å². The van der Waals surface area contributed by atoms with Crippen molar-refractivity contribution in [2.24, 2.45) is 5.73 Å². The zero-order chi connectivity index (χ0) is 11.3. The number of nitrogens with two attached hydrogens (primary N) is 1. The van der Waals surface area contributed by atoms with Crippen molar-refractivity contribution in [3.05, 3.63) is 15.6 Å². The minimum Gasteiger partial charge on any atom is -0.330 e. The number of hydrogen-bond acceptors (Lipinski definition) is 4. The van der Waals surface area contributed by atoms with Gasteiger partial charge in [-0.25, -0.2) is 4.98 Å². The second-order valence-electron chi connectivity index (χ2n) is 3.85. The van der Waals surface area contributed by atoms with Crippen LogP contribution in [0.4, 0.5) is 0 Å². The Kier molecular flexibility index (Phi) is 5.22. The summed E-state index contributed by atoms with van der Waals surface area (Å²) >= 11 is 1.79. The van der Waals surface area contributed by atoms with Crippen LogP contribution in [0.5, 0.6) is 0 Å². The van der Waals surface area contributed by atoms with Gasteiger partial charge in [0.2, 0.25) is 0 Å². The van der Waals surface area contributed by atoms with Gasteiger partial charge in [0.15, 0.2) is 0 Å². The quantitative estimate of drug-likeness (QED) is 0.732. The monoisotopic (exact) mass is 227 g/mol. The van der Waals surface area contributed by atoms with E-state index in [1.54, 1.807) is 11.3 Å². The largest absolute Gasteiger partial charge is 0.330 e. The third-order valence-corrected chi connectivity index (χ3v) is 3.67. The van der Waals surface area contributed by atoms with Gasteiger partial charge in [-0.3, -0.25) is 0 Å². The molecule has 3 N–H and O–H groups in total. The van der Waals surface area contributed by atoms with E-state index in [0.717, 1.165) is 36.6 Å². The van der Waals surface area contributed by atoms with E-state index in [9.17, 15) is 0 Å². The molecule has 1 unspecified atom stereocenters. The van der Waals surface area contributed by atoms with Crippen LogP contribution >= 0.6 is 11.3 Å². The molecule has 0 bridgehead atoms. The van der Waals surface area contributed by atoms with Gasteiger partial charge in [0.25, 0.3) is 0 Å². The summed E-state index contributed by atoms with van der Waals surface area (Å²) in [6.07, 6.45) is 2.25. The molecule has 1 rings (SSSR count). The van der Waals surface area contributed by atoms with E-state index in [1.807, 2.05) is 0 Å². The smallest absolute Gasteiger partial charge is 0.0900 e. The molecule has 0 aliphatic rings. The van der Waals surface area contributed by atoms with Crippen molar-refractivity contribution in [1.82, 2.24) is 10.3 Å². The number of unbranched alkanes of at least 4 members (excludes halogenated alkanes) is 1. The van der Waals surface area contributed by atoms with Gasteiger partial charge in [0.05, 0.1) is 10.7 Å². The Bertz CT molecular complexity index is 296. The van der Waals surface area contributed by atoms with Gasteiger partial charge >= 0.3 is 0 Å². The van der Waals surface area contributed by atoms with Gasteiger partial charge in [-0.1, -0.05) is 0 Å². The second-order valence-corrected chi connectivity index (χ2v) is 5.09. The summed E-state index contributed by atoms with van der Waals surface area (Å²) in [6.45, 7) is 8.16. The molecule has 0 aromatic carbocycles. The van der Waals surface area contributed by atoms with Gasteiger partial charge in [-0.15, -0.1) is 11.3 Å².